The molecule has 2 rings (SSSR count). The van der Waals surface area contributed by atoms with Crippen LogP contribution in [0, 0.1) is 0 Å². The number of piperidine rings is 1. The Bertz CT molecular complexity index is 447. The van der Waals surface area contributed by atoms with Crippen molar-refractivity contribution in [1.29, 1.82) is 0 Å². The number of nitrogens with zero attached hydrogens (tertiary/aromatic N) is 1. The summed E-state index contributed by atoms with van der Waals surface area (Å²) in [6, 6.07) is 7.85. The largest absolute Gasteiger partial charge is 0.494 e. The summed E-state index contributed by atoms with van der Waals surface area (Å²) in [5.41, 5.74) is 1.07. The van der Waals surface area contributed by atoms with Gasteiger partial charge in [0.1, 0.15) is 5.75 Å². The maximum atomic E-state index is 12.2. The highest BCUT2D eigenvalue weighted by atomic mass is 16.5. The van der Waals surface area contributed by atoms with Crippen LogP contribution < -0.4 is 4.74 Å². The maximum Gasteiger partial charge on any atom is 0.222 e. The van der Waals surface area contributed by atoms with Crippen LogP contribution in [0.5, 0.6) is 5.75 Å². The Morgan fingerprint density at radius 2 is 2.25 bits per heavy atom. The van der Waals surface area contributed by atoms with Crippen molar-refractivity contribution in [2.45, 2.75) is 38.7 Å². The number of amides is 1. The molecule has 1 aromatic carbocycles. The van der Waals surface area contributed by atoms with Gasteiger partial charge in [-0.05, 0) is 37.8 Å². The molecule has 0 unspecified atom stereocenters. The van der Waals surface area contributed by atoms with Crippen molar-refractivity contribution >= 4 is 5.91 Å². The number of hydrogen-bond acceptors (Lipinski definition) is 3. The van der Waals surface area contributed by atoms with E-state index in [4.69, 9.17) is 4.74 Å². The van der Waals surface area contributed by atoms with E-state index in [1.807, 2.05) is 31.2 Å². The molecule has 4 heteroatoms. The quantitative estimate of drug-likeness (QED) is 0.895. The van der Waals surface area contributed by atoms with Crippen LogP contribution in [0.25, 0.3) is 0 Å². The molecule has 1 atom stereocenters. The molecule has 110 valence electrons. The van der Waals surface area contributed by atoms with Gasteiger partial charge in [-0.2, -0.15) is 0 Å². The first kappa shape index (κ1) is 14.9. The number of likely N-dealkylation sites (tertiary alicyclic amines) is 1. The first-order valence-corrected chi connectivity index (χ1v) is 7.37. The monoisotopic (exact) mass is 277 g/mol. The van der Waals surface area contributed by atoms with Crippen LogP contribution in [0.15, 0.2) is 24.3 Å². The molecule has 0 bridgehead atoms. The highest BCUT2D eigenvalue weighted by molar-refractivity contribution is 5.76. The molecule has 0 aliphatic carbocycles. The van der Waals surface area contributed by atoms with Gasteiger partial charge in [-0.25, -0.2) is 0 Å². The minimum atomic E-state index is -0.358. The highest BCUT2D eigenvalue weighted by Gasteiger charge is 2.21. The lowest BCUT2D eigenvalue weighted by Crippen LogP contribution is -2.42. The smallest absolute Gasteiger partial charge is 0.222 e. The molecule has 0 aromatic heterocycles. The normalized spacial score (nSPS) is 18.9. The van der Waals surface area contributed by atoms with Gasteiger partial charge in [0.2, 0.25) is 5.91 Å². The third-order valence-electron chi connectivity index (χ3n) is 3.63. The second-order valence-corrected chi connectivity index (χ2v) is 5.18. The molecule has 4 nitrogen and oxygen atoms in total. The van der Waals surface area contributed by atoms with Gasteiger partial charge in [0, 0.05) is 19.5 Å². The molecule has 1 aliphatic rings. The van der Waals surface area contributed by atoms with E-state index in [0.717, 1.165) is 30.7 Å². The van der Waals surface area contributed by atoms with Gasteiger partial charge in [0.15, 0.2) is 0 Å². The predicted octanol–water partition coefficient (Wildman–Crippen LogP) is 2.00. The van der Waals surface area contributed by atoms with E-state index in [-0.39, 0.29) is 12.0 Å². The van der Waals surface area contributed by atoms with Gasteiger partial charge in [0.25, 0.3) is 0 Å². The minimum Gasteiger partial charge on any atom is -0.494 e. The van der Waals surface area contributed by atoms with Gasteiger partial charge in [-0.1, -0.05) is 18.2 Å². The zero-order valence-corrected chi connectivity index (χ0v) is 12.0. The standard InChI is InChI=1S/C16H23NO3/c1-2-20-15-8-4-3-6-13(15)9-10-16(19)17-11-5-7-14(18)12-17/h3-4,6,8,14,18H,2,5,7,9-12H2,1H3/t14-/m0/s1. The average Bonchev–Trinajstić information content (AvgIpc) is 2.46. The SMILES string of the molecule is CCOc1ccccc1CCC(=O)N1CCC[C@H](O)C1. The number of para-hydroxylation sites is 1. The average molecular weight is 277 g/mol. The van der Waals surface area contributed by atoms with Crippen LogP contribution >= 0.6 is 0 Å². The van der Waals surface area contributed by atoms with Crippen LogP contribution in [0.3, 0.4) is 0 Å². The number of rotatable bonds is 5. The Balaban J connectivity index is 1.89. The second-order valence-electron chi connectivity index (χ2n) is 5.18. The maximum absolute atomic E-state index is 12.2. The summed E-state index contributed by atoms with van der Waals surface area (Å²) in [7, 11) is 0. The van der Waals surface area contributed by atoms with Crippen molar-refractivity contribution in [1.82, 2.24) is 4.90 Å². The number of aliphatic hydroxyl groups excluding tert-OH is 1. The van der Waals surface area contributed by atoms with Gasteiger partial charge < -0.3 is 14.7 Å². The number of hydrogen-bond donors (Lipinski definition) is 1. The van der Waals surface area contributed by atoms with Crippen molar-refractivity contribution in [3.8, 4) is 5.75 Å². The number of ether oxygens (including phenoxy) is 1. The zero-order chi connectivity index (χ0) is 14.4. The number of aliphatic hydroxyl groups is 1. The lowest BCUT2D eigenvalue weighted by Gasteiger charge is -2.30. The second kappa shape index (κ2) is 7.29. The van der Waals surface area contributed by atoms with Crippen LogP contribution in [0.1, 0.15) is 31.7 Å². The molecule has 1 aliphatic heterocycles. The molecule has 0 saturated carbocycles. The Morgan fingerprint density at radius 3 is 3.00 bits per heavy atom. The Labute approximate surface area is 120 Å². The summed E-state index contributed by atoms with van der Waals surface area (Å²) in [6.07, 6.45) is 2.49. The third kappa shape index (κ3) is 3.97. The van der Waals surface area contributed by atoms with E-state index in [0.29, 0.717) is 26.0 Å². The van der Waals surface area contributed by atoms with Crippen molar-refractivity contribution in [2.24, 2.45) is 0 Å². The van der Waals surface area contributed by atoms with E-state index in [2.05, 4.69) is 0 Å². The van der Waals surface area contributed by atoms with Crippen LogP contribution in [-0.4, -0.2) is 41.7 Å². The van der Waals surface area contributed by atoms with Crippen LogP contribution in [-0.2, 0) is 11.2 Å². The fourth-order valence-corrected chi connectivity index (χ4v) is 2.59. The Morgan fingerprint density at radius 1 is 1.45 bits per heavy atom. The summed E-state index contributed by atoms with van der Waals surface area (Å²) in [5, 5.41) is 9.61. The van der Waals surface area contributed by atoms with Crippen molar-refractivity contribution in [3.05, 3.63) is 29.8 Å². The molecule has 1 amide bonds. The molecule has 1 N–H and O–H groups in total. The number of benzene rings is 1. The molecule has 0 radical (unpaired) electrons. The molecular weight excluding hydrogens is 254 g/mol. The molecular formula is C16H23NO3. The molecule has 1 fully saturated rings. The number of aryl methyl sites for hydroxylation is 1. The summed E-state index contributed by atoms with van der Waals surface area (Å²) in [5.74, 6) is 0.983. The van der Waals surface area contributed by atoms with Crippen molar-refractivity contribution in [2.75, 3.05) is 19.7 Å². The van der Waals surface area contributed by atoms with Crippen molar-refractivity contribution < 1.29 is 14.6 Å². The fourth-order valence-electron chi connectivity index (χ4n) is 2.59. The van der Waals surface area contributed by atoms with E-state index in [9.17, 15) is 9.90 Å². The van der Waals surface area contributed by atoms with E-state index in [1.165, 1.54) is 0 Å². The molecule has 1 saturated heterocycles. The topological polar surface area (TPSA) is 49.8 Å². The Kier molecular flexibility index (Phi) is 5.41. The van der Waals surface area contributed by atoms with Gasteiger partial charge in [-0.15, -0.1) is 0 Å². The molecule has 1 aromatic rings. The van der Waals surface area contributed by atoms with E-state index in [1.54, 1.807) is 4.90 Å². The highest BCUT2D eigenvalue weighted by Crippen LogP contribution is 2.20. The predicted molar refractivity (Wildman–Crippen MR) is 77.8 cm³/mol. The first-order chi connectivity index (χ1) is 9.70. The van der Waals surface area contributed by atoms with Gasteiger partial charge in [0.05, 0.1) is 12.7 Å². The first-order valence-electron chi connectivity index (χ1n) is 7.37. The van der Waals surface area contributed by atoms with Gasteiger partial charge in [-0.3, -0.25) is 4.79 Å². The number of β-amino-alcohol motifs (C(OH)–C–C–N with tert-alkyl or cyclic N) is 1. The van der Waals surface area contributed by atoms with Gasteiger partial charge >= 0.3 is 0 Å². The summed E-state index contributed by atoms with van der Waals surface area (Å²) in [6.45, 7) is 3.83. The Hall–Kier alpha value is -1.55. The lowest BCUT2D eigenvalue weighted by atomic mass is 10.1. The summed E-state index contributed by atoms with van der Waals surface area (Å²) >= 11 is 0. The summed E-state index contributed by atoms with van der Waals surface area (Å²) < 4.78 is 5.57. The van der Waals surface area contributed by atoms with E-state index < -0.39 is 0 Å². The molecule has 1 heterocycles. The fraction of sp³-hybridized carbons (Fsp3) is 0.562. The van der Waals surface area contributed by atoms with Crippen molar-refractivity contribution in [3.63, 3.8) is 0 Å². The summed E-state index contributed by atoms with van der Waals surface area (Å²) in [4.78, 5) is 13.9. The molecule has 20 heavy (non-hydrogen) atoms. The van der Waals surface area contributed by atoms with E-state index >= 15 is 0 Å². The van der Waals surface area contributed by atoms with Crippen LogP contribution in [0.2, 0.25) is 0 Å². The third-order valence-corrected chi connectivity index (χ3v) is 3.63. The minimum absolute atomic E-state index is 0.120. The zero-order valence-electron chi connectivity index (χ0n) is 12.0. The van der Waals surface area contributed by atoms with Crippen LogP contribution in [0.4, 0.5) is 0 Å². The number of carbonyl (C=O) groups is 1. The number of carbonyl (C=O) groups excluding carboxylic acids is 1. The molecule has 0 spiro atoms. The lowest BCUT2D eigenvalue weighted by molar-refractivity contribution is -0.134.